The summed E-state index contributed by atoms with van der Waals surface area (Å²) in [6.45, 7) is 0.348. The van der Waals surface area contributed by atoms with E-state index in [1.807, 2.05) is 18.2 Å². The van der Waals surface area contributed by atoms with Crippen molar-refractivity contribution in [1.82, 2.24) is 0 Å². The van der Waals surface area contributed by atoms with Crippen LogP contribution in [0.15, 0.2) is 40.9 Å². The Bertz CT molecular complexity index is 639. The Morgan fingerprint density at radius 2 is 2.10 bits per heavy atom. The number of nitrogens with two attached hydrogens (primary N) is 1. The van der Waals surface area contributed by atoms with Gasteiger partial charge < -0.3 is 15.8 Å². The average Bonchev–Trinajstić information content (AvgIpc) is 2.47. The maximum Gasteiger partial charge on any atom is 0.165 e. The first-order valence-corrected chi connectivity index (χ1v) is 7.47. The van der Waals surface area contributed by atoms with Gasteiger partial charge in [-0.1, -0.05) is 33.6 Å². The first-order chi connectivity index (χ1) is 10.0. The summed E-state index contributed by atoms with van der Waals surface area (Å²) in [4.78, 5) is 0. The summed E-state index contributed by atoms with van der Waals surface area (Å²) in [5.41, 5.74) is 7.41. The van der Waals surface area contributed by atoms with Crippen molar-refractivity contribution in [2.45, 2.75) is 6.04 Å². The molecule has 0 amide bonds. The van der Waals surface area contributed by atoms with E-state index in [1.165, 1.54) is 13.2 Å². The lowest BCUT2D eigenvalue weighted by molar-refractivity contribution is 0.386. The number of methoxy groups -OCH3 is 1. The summed E-state index contributed by atoms with van der Waals surface area (Å²) in [5, 5.41) is 3.85. The van der Waals surface area contributed by atoms with Crippen molar-refractivity contribution < 1.29 is 9.13 Å². The summed E-state index contributed by atoms with van der Waals surface area (Å²) in [6.07, 6.45) is 0. The van der Waals surface area contributed by atoms with Crippen LogP contribution in [0.1, 0.15) is 11.6 Å². The van der Waals surface area contributed by atoms with E-state index in [0.29, 0.717) is 17.3 Å². The van der Waals surface area contributed by atoms with Crippen LogP contribution in [0.4, 0.5) is 10.1 Å². The largest absolute Gasteiger partial charge is 0.494 e. The highest BCUT2D eigenvalue weighted by Gasteiger charge is 2.14. The fraction of sp³-hybridized carbons (Fsp3) is 0.200. The van der Waals surface area contributed by atoms with Crippen LogP contribution in [0.5, 0.6) is 5.75 Å². The van der Waals surface area contributed by atoms with Gasteiger partial charge in [-0.2, -0.15) is 0 Å². The van der Waals surface area contributed by atoms with Crippen LogP contribution in [0.2, 0.25) is 5.02 Å². The molecule has 112 valence electrons. The average molecular weight is 374 g/mol. The molecule has 0 aliphatic carbocycles. The van der Waals surface area contributed by atoms with Gasteiger partial charge in [-0.15, -0.1) is 0 Å². The second-order valence-electron chi connectivity index (χ2n) is 4.45. The minimum absolute atomic E-state index is 0.178. The summed E-state index contributed by atoms with van der Waals surface area (Å²) >= 11 is 9.61. The fourth-order valence-electron chi connectivity index (χ4n) is 2.00. The molecule has 6 heteroatoms. The van der Waals surface area contributed by atoms with Crippen LogP contribution in [0.3, 0.4) is 0 Å². The molecular weight excluding hydrogens is 359 g/mol. The Balaban J connectivity index is 2.26. The van der Waals surface area contributed by atoms with E-state index in [-0.39, 0.29) is 11.8 Å². The molecule has 0 heterocycles. The molecule has 0 aliphatic rings. The zero-order valence-electron chi connectivity index (χ0n) is 11.4. The SMILES string of the molecule is COc1cc(NC(CN)c2ccc(Br)cc2Cl)ccc1F. The van der Waals surface area contributed by atoms with Gasteiger partial charge in [0.15, 0.2) is 11.6 Å². The van der Waals surface area contributed by atoms with Gasteiger partial charge in [-0.05, 0) is 29.8 Å². The lowest BCUT2D eigenvalue weighted by Crippen LogP contribution is -2.21. The van der Waals surface area contributed by atoms with E-state index in [0.717, 1.165) is 10.0 Å². The van der Waals surface area contributed by atoms with E-state index >= 15 is 0 Å². The molecule has 1 atom stereocenters. The normalized spacial score (nSPS) is 12.0. The minimum Gasteiger partial charge on any atom is -0.494 e. The van der Waals surface area contributed by atoms with Crippen LogP contribution in [0, 0.1) is 5.82 Å². The fourth-order valence-corrected chi connectivity index (χ4v) is 2.80. The van der Waals surface area contributed by atoms with E-state index in [2.05, 4.69) is 21.2 Å². The van der Waals surface area contributed by atoms with Gasteiger partial charge in [0, 0.05) is 27.8 Å². The van der Waals surface area contributed by atoms with Crippen molar-refractivity contribution in [3.63, 3.8) is 0 Å². The molecule has 2 rings (SSSR count). The Hall–Kier alpha value is -1.30. The summed E-state index contributed by atoms with van der Waals surface area (Å²) in [6, 6.07) is 10.00. The number of anilines is 1. The van der Waals surface area contributed by atoms with Crippen molar-refractivity contribution >= 4 is 33.2 Å². The number of ether oxygens (including phenoxy) is 1. The molecule has 0 radical (unpaired) electrons. The van der Waals surface area contributed by atoms with Crippen molar-refractivity contribution in [3.05, 3.63) is 57.3 Å². The van der Waals surface area contributed by atoms with E-state index in [4.69, 9.17) is 22.1 Å². The first kappa shape index (κ1) is 16.1. The van der Waals surface area contributed by atoms with E-state index in [9.17, 15) is 4.39 Å². The molecule has 0 bridgehead atoms. The van der Waals surface area contributed by atoms with Gasteiger partial charge in [-0.25, -0.2) is 4.39 Å². The monoisotopic (exact) mass is 372 g/mol. The lowest BCUT2D eigenvalue weighted by Gasteiger charge is -2.20. The molecule has 0 spiro atoms. The summed E-state index contributed by atoms with van der Waals surface area (Å²) < 4.78 is 19.3. The number of benzene rings is 2. The Morgan fingerprint density at radius 1 is 1.33 bits per heavy atom. The molecule has 3 nitrogen and oxygen atoms in total. The molecule has 0 fully saturated rings. The second kappa shape index (κ2) is 7.11. The molecule has 3 N–H and O–H groups in total. The highest BCUT2D eigenvalue weighted by molar-refractivity contribution is 9.10. The number of rotatable bonds is 5. The number of hydrogen-bond acceptors (Lipinski definition) is 3. The van der Waals surface area contributed by atoms with Crippen molar-refractivity contribution in [3.8, 4) is 5.75 Å². The molecule has 0 saturated carbocycles. The number of nitrogens with one attached hydrogen (secondary N) is 1. The molecule has 0 saturated heterocycles. The number of hydrogen-bond donors (Lipinski definition) is 2. The van der Waals surface area contributed by atoms with Gasteiger partial charge >= 0.3 is 0 Å². The van der Waals surface area contributed by atoms with Crippen LogP contribution in [-0.2, 0) is 0 Å². The van der Waals surface area contributed by atoms with E-state index < -0.39 is 5.82 Å². The summed E-state index contributed by atoms with van der Waals surface area (Å²) in [5.74, 6) is -0.230. The van der Waals surface area contributed by atoms with Crippen molar-refractivity contribution in [2.24, 2.45) is 5.73 Å². The summed E-state index contributed by atoms with van der Waals surface area (Å²) in [7, 11) is 1.42. The van der Waals surface area contributed by atoms with Crippen LogP contribution < -0.4 is 15.8 Å². The first-order valence-electron chi connectivity index (χ1n) is 6.30. The minimum atomic E-state index is -0.408. The molecule has 21 heavy (non-hydrogen) atoms. The molecule has 0 aliphatic heterocycles. The molecule has 2 aromatic rings. The highest BCUT2D eigenvalue weighted by atomic mass is 79.9. The third kappa shape index (κ3) is 3.87. The van der Waals surface area contributed by atoms with Crippen molar-refractivity contribution in [2.75, 3.05) is 19.0 Å². The maximum atomic E-state index is 13.4. The van der Waals surface area contributed by atoms with Crippen LogP contribution >= 0.6 is 27.5 Å². The topological polar surface area (TPSA) is 47.3 Å². The molecule has 0 aromatic heterocycles. The Morgan fingerprint density at radius 3 is 2.71 bits per heavy atom. The van der Waals surface area contributed by atoms with E-state index in [1.54, 1.807) is 12.1 Å². The molecule has 2 aromatic carbocycles. The standard InChI is InChI=1S/C15H15BrClFN2O/c1-21-15-7-10(3-5-13(15)18)20-14(8-19)11-4-2-9(16)6-12(11)17/h2-7,14,20H,8,19H2,1H3. The van der Waals surface area contributed by atoms with Crippen LogP contribution in [-0.4, -0.2) is 13.7 Å². The van der Waals surface area contributed by atoms with Crippen molar-refractivity contribution in [1.29, 1.82) is 0 Å². The quantitative estimate of drug-likeness (QED) is 0.818. The predicted octanol–water partition coefficient (Wildman–Crippen LogP) is 4.36. The zero-order valence-corrected chi connectivity index (χ0v) is 13.7. The maximum absolute atomic E-state index is 13.4. The zero-order chi connectivity index (χ0) is 15.4. The Labute approximate surface area is 136 Å². The molecule has 1 unspecified atom stereocenters. The van der Waals surface area contributed by atoms with Gasteiger partial charge in [0.1, 0.15) is 0 Å². The number of halogens is 3. The van der Waals surface area contributed by atoms with Gasteiger partial charge in [0.2, 0.25) is 0 Å². The Kier molecular flexibility index (Phi) is 5.45. The second-order valence-corrected chi connectivity index (χ2v) is 5.77. The molecular formula is C15H15BrClFN2O. The lowest BCUT2D eigenvalue weighted by atomic mass is 10.1. The van der Waals surface area contributed by atoms with Crippen LogP contribution in [0.25, 0.3) is 0 Å². The van der Waals surface area contributed by atoms with Gasteiger partial charge in [0.05, 0.1) is 13.2 Å². The van der Waals surface area contributed by atoms with Gasteiger partial charge in [0.25, 0.3) is 0 Å². The highest BCUT2D eigenvalue weighted by Crippen LogP contribution is 2.30. The third-order valence-corrected chi connectivity index (χ3v) is 3.89. The van der Waals surface area contributed by atoms with Gasteiger partial charge in [-0.3, -0.25) is 0 Å². The third-order valence-electron chi connectivity index (χ3n) is 3.07. The smallest absolute Gasteiger partial charge is 0.165 e. The predicted molar refractivity (Wildman–Crippen MR) is 87.5 cm³/mol.